The minimum Gasteiger partial charge on any atom is -0.472 e. The second-order valence-corrected chi connectivity index (χ2v) is 3.58. The Bertz CT molecular complexity index is 448. The van der Waals surface area contributed by atoms with Crippen LogP contribution in [0.3, 0.4) is 0 Å². The minimum absolute atomic E-state index is 0.470. The smallest absolute Gasteiger partial charge is 0.233 e. The molecular weight excluding hydrogens is 206 g/mol. The molecule has 0 aliphatic rings. The monoisotopic (exact) mass is 221 g/mol. The van der Waals surface area contributed by atoms with E-state index in [-0.39, 0.29) is 0 Å². The molecule has 0 aliphatic carbocycles. The highest BCUT2D eigenvalue weighted by molar-refractivity contribution is 5.18. The van der Waals surface area contributed by atoms with E-state index in [0.717, 1.165) is 17.0 Å². The molecule has 2 aromatic heterocycles. The number of nitrogens with one attached hydrogen (secondary N) is 2. The molecule has 0 bridgehead atoms. The molecule has 0 atom stereocenters. The van der Waals surface area contributed by atoms with Crippen LogP contribution < -0.4 is 10.1 Å². The van der Waals surface area contributed by atoms with Gasteiger partial charge in [-0.1, -0.05) is 0 Å². The summed E-state index contributed by atoms with van der Waals surface area (Å²) in [4.78, 5) is 0. The maximum Gasteiger partial charge on any atom is 0.233 e. The molecule has 2 heterocycles. The quantitative estimate of drug-likeness (QED) is 0.805. The Kier molecular flexibility index (Phi) is 3.26. The van der Waals surface area contributed by atoms with Crippen molar-refractivity contribution in [2.45, 2.75) is 20.1 Å². The van der Waals surface area contributed by atoms with Gasteiger partial charge in [-0.3, -0.25) is 5.10 Å². The SMILES string of the molecule is CNCc1occc1COc1cc(C)[nH]n1. The molecular formula is C11H15N3O2. The molecule has 0 amide bonds. The topological polar surface area (TPSA) is 63.1 Å². The molecule has 0 spiro atoms. The van der Waals surface area contributed by atoms with Crippen LogP contribution in [0.2, 0.25) is 0 Å². The van der Waals surface area contributed by atoms with Gasteiger partial charge in [-0.2, -0.15) is 0 Å². The highest BCUT2D eigenvalue weighted by Crippen LogP contribution is 2.14. The van der Waals surface area contributed by atoms with Crippen LogP contribution in [0.15, 0.2) is 22.8 Å². The van der Waals surface area contributed by atoms with E-state index < -0.39 is 0 Å². The first-order valence-corrected chi connectivity index (χ1v) is 5.14. The van der Waals surface area contributed by atoms with Gasteiger partial charge in [-0.15, -0.1) is 5.10 Å². The first-order chi connectivity index (χ1) is 7.79. The zero-order chi connectivity index (χ0) is 11.4. The van der Waals surface area contributed by atoms with Gasteiger partial charge < -0.3 is 14.5 Å². The lowest BCUT2D eigenvalue weighted by molar-refractivity contribution is 0.289. The van der Waals surface area contributed by atoms with Gasteiger partial charge in [0.15, 0.2) is 0 Å². The largest absolute Gasteiger partial charge is 0.472 e. The predicted molar refractivity (Wildman–Crippen MR) is 59.1 cm³/mol. The van der Waals surface area contributed by atoms with Crippen molar-refractivity contribution in [2.75, 3.05) is 7.05 Å². The van der Waals surface area contributed by atoms with Gasteiger partial charge in [0.2, 0.25) is 5.88 Å². The second kappa shape index (κ2) is 4.85. The average Bonchev–Trinajstić information content (AvgIpc) is 2.85. The lowest BCUT2D eigenvalue weighted by Crippen LogP contribution is -2.07. The zero-order valence-corrected chi connectivity index (χ0v) is 9.41. The molecule has 86 valence electrons. The van der Waals surface area contributed by atoms with Crippen molar-refractivity contribution < 1.29 is 9.15 Å². The molecule has 5 heteroatoms. The number of ether oxygens (including phenoxy) is 1. The molecule has 0 radical (unpaired) electrons. The number of aryl methyl sites for hydroxylation is 1. The number of rotatable bonds is 5. The van der Waals surface area contributed by atoms with E-state index in [2.05, 4.69) is 15.5 Å². The van der Waals surface area contributed by atoms with E-state index in [0.29, 0.717) is 19.0 Å². The fourth-order valence-corrected chi connectivity index (χ4v) is 1.43. The van der Waals surface area contributed by atoms with Gasteiger partial charge in [0.05, 0.1) is 12.8 Å². The van der Waals surface area contributed by atoms with E-state index >= 15 is 0 Å². The van der Waals surface area contributed by atoms with Crippen molar-refractivity contribution in [3.8, 4) is 5.88 Å². The highest BCUT2D eigenvalue weighted by Gasteiger charge is 2.07. The third-order valence-corrected chi connectivity index (χ3v) is 2.23. The number of aromatic amines is 1. The Morgan fingerprint density at radius 3 is 3.12 bits per heavy atom. The third-order valence-electron chi connectivity index (χ3n) is 2.23. The van der Waals surface area contributed by atoms with Crippen molar-refractivity contribution in [3.05, 3.63) is 35.4 Å². The van der Waals surface area contributed by atoms with Crippen LogP contribution >= 0.6 is 0 Å². The normalized spacial score (nSPS) is 10.6. The molecule has 0 saturated carbocycles. The molecule has 0 saturated heterocycles. The number of nitrogens with zero attached hydrogens (tertiary/aromatic N) is 1. The van der Waals surface area contributed by atoms with Crippen LogP contribution in [-0.4, -0.2) is 17.2 Å². The predicted octanol–water partition coefficient (Wildman–Crippen LogP) is 1.61. The second-order valence-electron chi connectivity index (χ2n) is 3.58. The Morgan fingerprint density at radius 2 is 2.44 bits per heavy atom. The summed E-state index contributed by atoms with van der Waals surface area (Å²) in [5.41, 5.74) is 2.02. The molecule has 0 fully saturated rings. The molecule has 0 unspecified atom stereocenters. The zero-order valence-electron chi connectivity index (χ0n) is 9.41. The fourth-order valence-electron chi connectivity index (χ4n) is 1.43. The summed E-state index contributed by atoms with van der Waals surface area (Å²) < 4.78 is 10.9. The molecule has 0 aromatic carbocycles. The standard InChI is InChI=1S/C11H15N3O2/c1-8-5-11(14-13-8)16-7-9-3-4-15-10(9)6-12-2/h3-5,12H,6-7H2,1-2H3,(H,13,14). The molecule has 2 aromatic rings. The third kappa shape index (κ3) is 2.43. The van der Waals surface area contributed by atoms with Gasteiger partial charge in [0, 0.05) is 17.3 Å². The summed E-state index contributed by atoms with van der Waals surface area (Å²) in [5.74, 6) is 1.50. The van der Waals surface area contributed by atoms with Crippen molar-refractivity contribution >= 4 is 0 Å². The van der Waals surface area contributed by atoms with Crippen LogP contribution in [0.5, 0.6) is 5.88 Å². The lowest BCUT2D eigenvalue weighted by atomic mass is 10.2. The maximum absolute atomic E-state index is 5.53. The van der Waals surface area contributed by atoms with Crippen LogP contribution in [0.25, 0.3) is 0 Å². The van der Waals surface area contributed by atoms with Crippen molar-refractivity contribution in [1.29, 1.82) is 0 Å². The molecule has 5 nitrogen and oxygen atoms in total. The van der Waals surface area contributed by atoms with E-state index in [1.165, 1.54) is 0 Å². The lowest BCUT2D eigenvalue weighted by Gasteiger charge is -2.02. The van der Waals surface area contributed by atoms with Crippen LogP contribution in [0.4, 0.5) is 0 Å². The van der Waals surface area contributed by atoms with E-state index in [4.69, 9.17) is 9.15 Å². The van der Waals surface area contributed by atoms with Crippen LogP contribution in [0.1, 0.15) is 17.0 Å². The van der Waals surface area contributed by atoms with E-state index in [1.807, 2.05) is 26.1 Å². The highest BCUT2D eigenvalue weighted by atomic mass is 16.5. The molecule has 16 heavy (non-hydrogen) atoms. The number of furan rings is 1. The summed E-state index contributed by atoms with van der Waals surface area (Å²) in [6, 6.07) is 3.77. The number of aromatic nitrogens is 2. The van der Waals surface area contributed by atoms with Gasteiger partial charge in [0.1, 0.15) is 12.4 Å². The van der Waals surface area contributed by atoms with E-state index in [9.17, 15) is 0 Å². The molecule has 0 aliphatic heterocycles. The average molecular weight is 221 g/mol. The Labute approximate surface area is 93.8 Å². The number of hydrogen-bond donors (Lipinski definition) is 2. The van der Waals surface area contributed by atoms with Gasteiger partial charge in [0.25, 0.3) is 0 Å². The van der Waals surface area contributed by atoms with Crippen molar-refractivity contribution in [1.82, 2.24) is 15.5 Å². The Morgan fingerprint density at radius 1 is 1.56 bits per heavy atom. The summed E-state index contributed by atoms with van der Waals surface area (Å²) in [7, 11) is 1.88. The maximum atomic E-state index is 5.53. The van der Waals surface area contributed by atoms with Crippen molar-refractivity contribution in [3.63, 3.8) is 0 Å². The van der Waals surface area contributed by atoms with Gasteiger partial charge in [-0.25, -0.2) is 0 Å². The Balaban J connectivity index is 1.96. The van der Waals surface area contributed by atoms with Crippen LogP contribution in [-0.2, 0) is 13.2 Å². The number of H-pyrrole nitrogens is 1. The first kappa shape index (κ1) is 10.8. The number of hydrogen-bond acceptors (Lipinski definition) is 4. The van der Waals surface area contributed by atoms with Crippen LogP contribution in [0, 0.1) is 6.92 Å². The molecule has 2 N–H and O–H groups in total. The Hall–Kier alpha value is -1.75. The van der Waals surface area contributed by atoms with E-state index in [1.54, 1.807) is 6.26 Å². The van der Waals surface area contributed by atoms with Crippen molar-refractivity contribution in [2.24, 2.45) is 0 Å². The minimum atomic E-state index is 0.470. The first-order valence-electron chi connectivity index (χ1n) is 5.14. The summed E-state index contributed by atoms with van der Waals surface area (Å²) in [6.45, 7) is 3.10. The fraction of sp³-hybridized carbons (Fsp3) is 0.364. The summed E-state index contributed by atoms with van der Waals surface area (Å²) in [6.07, 6.45) is 1.67. The van der Waals surface area contributed by atoms with Gasteiger partial charge in [-0.05, 0) is 20.0 Å². The summed E-state index contributed by atoms with van der Waals surface area (Å²) >= 11 is 0. The summed E-state index contributed by atoms with van der Waals surface area (Å²) in [5, 5.41) is 9.87. The molecule has 2 rings (SSSR count). The van der Waals surface area contributed by atoms with Gasteiger partial charge >= 0.3 is 0 Å².